The second kappa shape index (κ2) is 13.6. The van der Waals surface area contributed by atoms with Gasteiger partial charge in [-0.2, -0.15) is 0 Å². The Morgan fingerprint density at radius 2 is 1.40 bits per heavy atom. The normalized spacial score (nSPS) is 41.7. The van der Waals surface area contributed by atoms with Crippen molar-refractivity contribution in [2.45, 2.75) is 208 Å². The third kappa shape index (κ3) is 7.77. The SMILES string of the molecule is CC(C)(C)OC(=O)C[C@H](NC(=O)OC(C)(C)C)C(=O)O[C@H]1CC[C@]2(C)[C@H]3C[C@@H](O)[C@@H]4[C@@H]([C@]5(C)CC[C@H](C(C)(C)O)O5)CC[C@@]4(C)[C@]3(C)CC[C@H]2C1(C)C. The Morgan fingerprint density at radius 3 is 1.96 bits per heavy atom. The number of carbonyl (C=O) groups excluding carboxylic acids is 3. The van der Waals surface area contributed by atoms with Crippen LogP contribution < -0.4 is 5.32 Å². The summed E-state index contributed by atoms with van der Waals surface area (Å²) in [6, 6.07) is -1.26. The lowest BCUT2D eigenvalue weighted by atomic mass is 9.35. The highest BCUT2D eigenvalue weighted by Crippen LogP contribution is 2.76. The van der Waals surface area contributed by atoms with Gasteiger partial charge in [0.1, 0.15) is 23.3 Å². The minimum absolute atomic E-state index is 0.0109. The van der Waals surface area contributed by atoms with Gasteiger partial charge in [-0.1, -0.05) is 34.6 Å². The number of rotatable bonds is 7. The highest BCUT2D eigenvalue weighted by atomic mass is 16.6. The quantitative estimate of drug-likeness (QED) is 0.175. The van der Waals surface area contributed by atoms with E-state index in [2.05, 4.69) is 46.9 Å². The molecule has 1 heterocycles. The van der Waals surface area contributed by atoms with Gasteiger partial charge in [0.15, 0.2) is 0 Å². The number of hydrogen-bond donors (Lipinski definition) is 3. The first-order valence-electron chi connectivity index (χ1n) is 20.5. The van der Waals surface area contributed by atoms with Gasteiger partial charge in [-0.05, 0) is 160 Å². The minimum Gasteiger partial charge on any atom is -0.460 e. The maximum absolute atomic E-state index is 13.9. The first kappa shape index (κ1) is 42.2. The molecule has 0 unspecified atom stereocenters. The molecule has 0 aromatic rings. The zero-order chi connectivity index (χ0) is 40.0. The number of ether oxygens (including phenoxy) is 4. The largest absolute Gasteiger partial charge is 0.460 e. The van der Waals surface area contributed by atoms with Gasteiger partial charge < -0.3 is 34.5 Å². The summed E-state index contributed by atoms with van der Waals surface area (Å²) in [5.74, 6) is -0.406. The van der Waals surface area contributed by atoms with E-state index in [1.807, 2.05) is 13.8 Å². The number of aliphatic hydroxyl groups is 2. The summed E-state index contributed by atoms with van der Waals surface area (Å²) in [6.07, 6.45) is 5.79. The van der Waals surface area contributed by atoms with E-state index in [0.717, 1.165) is 51.4 Å². The van der Waals surface area contributed by atoms with Crippen LogP contribution >= 0.6 is 0 Å². The molecule has 4 aliphatic carbocycles. The molecule has 10 nitrogen and oxygen atoms in total. The fraction of sp³-hybridized carbons (Fsp3) is 0.930. The summed E-state index contributed by atoms with van der Waals surface area (Å²) < 4.78 is 24.0. The van der Waals surface area contributed by atoms with Gasteiger partial charge in [-0.15, -0.1) is 0 Å². The maximum atomic E-state index is 13.9. The predicted molar refractivity (Wildman–Crippen MR) is 203 cm³/mol. The second-order valence-corrected chi connectivity index (χ2v) is 21.8. The number of amides is 1. The topological polar surface area (TPSA) is 141 Å². The molecular formula is C43H73NO9. The van der Waals surface area contributed by atoms with Gasteiger partial charge in [0.25, 0.3) is 0 Å². The summed E-state index contributed by atoms with van der Waals surface area (Å²) in [4.78, 5) is 39.6. The molecule has 5 aliphatic rings. The van der Waals surface area contributed by atoms with E-state index in [1.165, 1.54) is 0 Å². The van der Waals surface area contributed by atoms with Crippen molar-refractivity contribution in [2.75, 3.05) is 0 Å². The first-order chi connectivity index (χ1) is 24.0. The average molecular weight is 748 g/mol. The first-order valence-corrected chi connectivity index (χ1v) is 20.5. The van der Waals surface area contributed by atoms with Gasteiger partial charge in [-0.3, -0.25) is 4.79 Å². The Morgan fingerprint density at radius 1 is 0.792 bits per heavy atom. The van der Waals surface area contributed by atoms with Crippen LogP contribution in [0.1, 0.15) is 161 Å². The van der Waals surface area contributed by atoms with Crippen LogP contribution in [0.15, 0.2) is 0 Å². The van der Waals surface area contributed by atoms with Gasteiger partial charge >= 0.3 is 18.0 Å². The van der Waals surface area contributed by atoms with Crippen molar-refractivity contribution in [3.8, 4) is 0 Å². The number of alkyl carbamates (subject to hydrolysis) is 1. The molecule has 304 valence electrons. The van der Waals surface area contributed by atoms with Crippen LogP contribution in [0.3, 0.4) is 0 Å². The number of hydrogen-bond acceptors (Lipinski definition) is 9. The van der Waals surface area contributed by atoms with Gasteiger partial charge in [0.05, 0.1) is 29.8 Å². The molecule has 0 aromatic carbocycles. The molecule has 0 spiro atoms. The fourth-order valence-corrected chi connectivity index (χ4v) is 12.7. The number of carbonyl (C=O) groups is 3. The van der Waals surface area contributed by atoms with E-state index in [9.17, 15) is 24.6 Å². The van der Waals surface area contributed by atoms with Crippen molar-refractivity contribution >= 4 is 18.0 Å². The van der Waals surface area contributed by atoms with Crippen molar-refractivity contribution in [3.63, 3.8) is 0 Å². The zero-order valence-electron chi connectivity index (χ0n) is 35.4. The predicted octanol–water partition coefficient (Wildman–Crippen LogP) is 7.89. The Kier molecular flexibility index (Phi) is 10.9. The molecule has 4 saturated carbocycles. The Bertz CT molecular complexity index is 1380. The van der Waals surface area contributed by atoms with Crippen LogP contribution in [-0.2, 0) is 28.5 Å². The smallest absolute Gasteiger partial charge is 0.408 e. The van der Waals surface area contributed by atoms with Crippen molar-refractivity contribution in [3.05, 3.63) is 0 Å². The Labute approximate surface area is 319 Å². The number of nitrogens with one attached hydrogen (secondary N) is 1. The lowest BCUT2D eigenvalue weighted by molar-refractivity contribution is -0.251. The molecule has 5 fully saturated rings. The lowest BCUT2D eigenvalue weighted by Crippen LogP contribution is -2.67. The van der Waals surface area contributed by atoms with E-state index in [0.29, 0.717) is 6.42 Å². The molecule has 1 saturated heterocycles. The molecule has 1 amide bonds. The maximum Gasteiger partial charge on any atom is 0.408 e. The second-order valence-electron chi connectivity index (χ2n) is 21.8. The van der Waals surface area contributed by atoms with Gasteiger partial charge in [0.2, 0.25) is 0 Å². The monoisotopic (exact) mass is 748 g/mol. The Balaban J connectivity index is 1.35. The van der Waals surface area contributed by atoms with Crippen LogP contribution in [0.25, 0.3) is 0 Å². The molecule has 0 aromatic heterocycles. The molecule has 10 heteroatoms. The zero-order valence-corrected chi connectivity index (χ0v) is 35.4. The van der Waals surface area contributed by atoms with E-state index in [-0.39, 0.29) is 58.0 Å². The van der Waals surface area contributed by atoms with Crippen molar-refractivity contribution < 1.29 is 43.5 Å². The fourth-order valence-electron chi connectivity index (χ4n) is 12.7. The summed E-state index contributed by atoms with van der Waals surface area (Å²) in [5.41, 5.74) is -3.36. The Hall–Kier alpha value is -1.91. The third-order valence-corrected chi connectivity index (χ3v) is 15.2. The summed E-state index contributed by atoms with van der Waals surface area (Å²) >= 11 is 0. The minimum atomic E-state index is -1.26. The van der Waals surface area contributed by atoms with Gasteiger partial charge in [-0.25, -0.2) is 9.59 Å². The van der Waals surface area contributed by atoms with E-state index in [1.54, 1.807) is 41.5 Å². The summed E-state index contributed by atoms with van der Waals surface area (Å²) in [7, 11) is 0. The number of aliphatic hydroxyl groups excluding tert-OH is 1. The number of esters is 2. The molecule has 53 heavy (non-hydrogen) atoms. The third-order valence-electron chi connectivity index (χ3n) is 15.2. The van der Waals surface area contributed by atoms with Crippen molar-refractivity contribution in [2.24, 2.45) is 45.3 Å². The molecule has 1 aliphatic heterocycles. The van der Waals surface area contributed by atoms with Gasteiger partial charge in [0, 0.05) is 5.41 Å². The van der Waals surface area contributed by atoms with E-state index < -0.39 is 58.5 Å². The molecule has 5 rings (SSSR count). The van der Waals surface area contributed by atoms with Crippen LogP contribution in [0.5, 0.6) is 0 Å². The highest BCUT2D eigenvalue weighted by Gasteiger charge is 2.72. The van der Waals surface area contributed by atoms with Crippen LogP contribution in [0.2, 0.25) is 0 Å². The van der Waals surface area contributed by atoms with Crippen molar-refractivity contribution in [1.29, 1.82) is 0 Å². The molecular weight excluding hydrogens is 674 g/mol. The van der Waals surface area contributed by atoms with E-state index in [4.69, 9.17) is 18.9 Å². The molecule has 3 N–H and O–H groups in total. The van der Waals surface area contributed by atoms with Crippen molar-refractivity contribution in [1.82, 2.24) is 5.32 Å². The lowest BCUT2D eigenvalue weighted by Gasteiger charge is -2.70. The standard InChI is InChI=1S/C43H73NO9/c1-36(2,3)52-32(46)23-26(44-35(48)53-37(4,5)6)34(47)50-30-17-19-40(11)28(38(30,7)8)16-21-41(12)29(40)24-27(45)33-25(15-20-42(33,41)13)43(14)22-18-31(51-43)39(9,10)49/h25-31,33,45,49H,15-24H2,1-14H3,(H,44,48)/t25-,26-,27+,28-,29+,30-,31+,33-,40-,41+,42+,43-/m0/s1. The average Bonchev–Trinajstić information content (AvgIpc) is 3.56. The number of fused-ring (bicyclic) bond motifs is 5. The molecule has 12 atom stereocenters. The van der Waals surface area contributed by atoms with Crippen LogP contribution in [-0.4, -0.2) is 75.0 Å². The molecule has 0 bridgehead atoms. The summed E-state index contributed by atoms with van der Waals surface area (Å²) in [5, 5.41) is 25.7. The van der Waals surface area contributed by atoms with Crippen LogP contribution in [0, 0.1) is 45.3 Å². The highest BCUT2D eigenvalue weighted by molar-refractivity contribution is 5.86. The molecule has 0 radical (unpaired) electrons. The van der Waals surface area contributed by atoms with Crippen LogP contribution in [0.4, 0.5) is 4.79 Å². The van der Waals surface area contributed by atoms with E-state index >= 15 is 0 Å². The summed E-state index contributed by atoms with van der Waals surface area (Å²) in [6.45, 7) is 28.1.